The van der Waals surface area contributed by atoms with Crippen molar-refractivity contribution in [2.75, 3.05) is 18.4 Å². The minimum absolute atomic E-state index is 0.179. The molecule has 0 aromatic heterocycles. The Morgan fingerprint density at radius 3 is 2.50 bits per heavy atom. The standard InChI is InChI=1S/C18H20N2O5S/c1-12-7-8-13(2)16(9-12)26(23,24)20-15-6-4-5-14(10-15)18(22)19-11-17(21)25-3/h4-10,20H,11H2,1-3H3,(H,19,22). The molecule has 0 unspecified atom stereocenters. The molecule has 0 aliphatic carbocycles. The van der Waals surface area contributed by atoms with E-state index in [-0.39, 0.29) is 22.7 Å². The average molecular weight is 376 g/mol. The van der Waals surface area contributed by atoms with E-state index in [1.54, 1.807) is 31.2 Å². The Morgan fingerprint density at radius 2 is 1.81 bits per heavy atom. The Morgan fingerprint density at radius 1 is 1.08 bits per heavy atom. The lowest BCUT2D eigenvalue weighted by molar-refractivity contribution is -0.139. The number of methoxy groups -OCH3 is 1. The molecule has 0 aliphatic rings. The van der Waals surface area contributed by atoms with E-state index in [1.165, 1.54) is 19.2 Å². The van der Waals surface area contributed by atoms with Gasteiger partial charge in [0.15, 0.2) is 0 Å². The molecule has 1 amide bonds. The monoisotopic (exact) mass is 376 g/mol. The number of rotatable bonds is 6. The van der Waals surface area contributed by atoms with Crippen LogP contribution < -0.4 is 10.0 Å². The van der Waals surface area contributed by atoms with Crippen molar-refractivity contribution in [3.05, 3.63) is 59.2 Å². The number of benzene rings is 2. The minimum Gasteiger partial charge on any atom is -0.468 e. The van der Waals surface area contributed by atoms with Crippen LogP contribution in [0.5, 0.6) is 0 Å². The zero-order valence-electron chi connectivity index (χ0n) is 14.7. The van der Waals surface area contributed by atoms with Crippen LogP contribution >= 0.6 is 0 Å². The maximum Gasteiger partial charge on any atom is 0.325 e. The molecule has 0 saturated carbocycles. The quantitative estimate of drug-likeness (QED) is 0.751. The summed E-state index contributed by atoms with van der Waals surface area (Å²) in [6, 6.07) is 11.2. The van der Waals surface area contributed by atoms with Crippen LogP contribution in [0.2, 0.25) is 0 Å². The second kappa shape index (κ2) is 8.01. The molecule has 0 fully saturated rings. The van der Waals surface area contributed by atoms with Crippen molar-refractivity contribution in [1.82, 2.24) is 5.32 Å². The number of anilines is 1. The third-order valence-electron chi connectivity index (χ3n) is 3.63. The normalized spacial score (nSPS) is 10.9. The van der Waals surface area contributed by atoms with Crippen molar-refractivity contribution < 1.29 is 22.7 Å². The van der Waals surface area contributed by atoms with E-state index in [0.717, 1.165) is 5.56 Å². The Kier molecular flexibility index (Phi) is 5.99. The van der Waals surface area contributed by atoms with Crippen LogP contribution in [0.15, 0.2) is 47.4 Å². The topological polar surface area (TPSA) is 102 Å². The van der Waals surface area contributed by atoms with Crippen LogP contribution in [0, 0.1) is 13.8 Å². The molecule has 2 rings (SSSR count). The van der Waals surface area contributed by atoms with Crippen molar-refractivity contribution in [3.8, 4) is 0 Å². The zero-order chi connectivity index (χ0) is 19.3. The van der Waals surface area contributed by atoms with E-state index in [9.17, 15) is 18.0 Å². The predicted octanol–water partition coefficient (Wildman–Crippen LogP) is 2.01. The molecule has 0 aliphatic heterocycles. The maximum absolute atomic E-state index is 12.6. The molecule has 26 heavy (non-hydrogen) atoms. The van der Waals surface area contributed by atoms with E-state index in [2.05, 4.69) is 14.8 Å². The van der Waals surface area contributed by atoms with Gasteiger partial charge in [-0.2, -0.15) is 0 Å². The largest absolute Gasteiger partial charge is 0.468 e. The number of carbonyl (C=O) groups excluding carboxylic acids is 2. The van der Waals surface area contributed by atoms with Crippen molar-refractivity contribution in [2.24, 2.45) is 0 Å². The summed E-state index contributed by atoms with van der Waals surface area (Å²) in [7, 11) is -2.58. The zero-order valence-corrected chi connectivity index (χ0v) is 15.5. The van der Waals surface area contributed by atoms with E-state index in [0.29, 0.717) is 5.56 Å². The molecule has 8 heteroatoms. The molecule has 2 aromatic rings. The lowest BCUT2D eigenvalue weighted by Crippen LogP contribution is -2.30. The number of hydrogen-bond donors (Lipinski definition) is 2. The second-order valence-corrected chi connectivity index (χ2v) is 7.36. The highest BCUT2D eigenvalue weighted by Crippen LogP contribution is 2.21. The Hall–Kier alpha value is -2.87. The van der Waals surface area contributed by atoms with Gasteiger partial charge >= 0.3 is 5.97 Å². The van der Waals surface area contributed by atoms with Crippen LogP contribution in [0.3, 0.4) is 0 Å². The van der Waals surface area contributed by atoms with Crippen LogP contribution in [0.25, 0.3) is 0 Å². The van der Waals surface area contributed by atoms with Crippen LogP contribution in [0.1, 0.15) is 21.5 Å². The maximum atomic E-state index is 12.6. The summed E-state index contributed by atoms with van der Waals surface area (Å²) in [5, 5.41) is 2.40. The summed E-state index contributed by atoms with van der Waals surface area (Å²) < 4.78 is 32.2. The molecule has 0 radical (unpaired) electrons. The van der Waals surface area contributed by atoms with Gasteiger partial charge in [0, 0.05) is 11.3 Å². The summed E-state index contributed by atoms with van der Waals surface area (Å²) in [6.07, 6.45) is 0. The van der Waals surface area contributed by atoms with Gasteiger partial charge in [-0.1, -0.05) is 18.2 Å². The summed E-state index contributed by atoms with van der Waals surface area (Å²) in [5.41, 5.74) is 1.91. The number of nitrogens with one attached hydrogen (secondary N) is 2. The fourth-order valence-corrected chi connectivity index (χ4v) is 3.64. The van der Waals surface area contributed by atoms with Crippen LogP contribution in [0.4, 0.5) is 5.69 Å². The Labute approximate surface area is 152 Å². The van der Waals surface area contributed by atoms with E-state index >= 15 is 0 Å². The molecule has 0 spiro atoms. The average Bonchev–Trinajstić information content (AvgIpc) is 2.61. The van der Waals surface area contributed by atoms with Crippen LogP contribution in [-0.4, -0.2) is 33.9 Å². The molecule has 2 N–H and O–H groups in total. The van der Waals surface area contributed by atoms with Crippen molar-refractivity contribution >= 4 is 27.6 Å². The fourth-order valence-electron chi connectivity index (χ4n) is 2.26. The second-order valence-electron chi connectivity index (χ2n) is 5.71. The minimum atomic E-state index is -3.79. The highest BCUT2D eigenvalue weighted by molar-refractivity contribution is 7.92. The number of aryl methyl sites for hydroxylation is 2. The Bertz CT molecular complexity index is 938. The van der Waals surface area contributed by atoms with Gasteiger partial charge in [-0.05, 0) is 49.2 Å². The summed E-state index contributed by atoms with van der Waals surface area (Å²) in [6.45, 7) is 3.25. The summed E-state index contributed by atoms with van der Waals surface area (Å²) >= 11 is 0. The summed E-state index contributed by atoms with van der Waals surface area (Å²) in [4.78, 5) is 23.3. The smallest absolute Gasteiger partial charge is 0.325 e. The van der Waals surface area contributed by atoms with Crippen LogP contribution in [-0.2, 0) is 19.6 Å². The number of hydrogen-bond acceptors (Lipinski definition) is 5. The first-order valence-electron chi connectivity index (χ1n) is 7.78. The van der Waals surface area contributed by atoms with Gasteiger partial charge < -0.3 is 10.1 Å². The number of carbonyl (C=O) groups is 2. The third-order valence-corrected chi connectivity index (χ3v) is 5.15. The van der Waals surface area contributed by atoms with E-state index < -0.39 is 21.9 Å². The van der Waals surface area contributed by atoms with Gasteiger partial charge in [0.1, 0.15) is 6.54 Å². The molecule has 2 aromatic carbocycles. The van der Waals surface area contributed by atoms with E-state index in [4.69, 9.17) is 0 Å². The van der Waals surface area contributed by atoms with Gasteiger partial charge in [-0.15, -0.1) is 0 Å². The van der Waals surface area contributed by atoms with Crippen molar-refractivity contribution in [1.29, 1.82) is 0 Å². The van der Waals surface area contributed by atoms with Gasteiger partial charge in [0.2, 0.25) is 0 Å². The molecule has 138 valence electrons. The lowest BCUT2D eigenvalue weighted by atomic mass is 10.2. The van der Waals surface area contributed by atoms with Gasteiger partial charge in [0.05, 0.1) is 12.0 Å². The van der Waals surface area contributed by atoms with Gasteiger partial charge in [-0.25, -0.2) is 8.42 Å². The molecule has 0 atom stereocenters. The predicted molar refractivity (Wildman–Crippen MR) is 97.5 cm³/mol. The molecule has 0 bridgehead atoms. The molecular formula is C18H20N2O5S. The van der Waals surface area contributed by atoms with Gasteiger partial charge in [-0.3, -0.25) is 14.3 Å². The molecule has 0 heterocycles. The first kappa shape index (κ1) is 19.5. The highest BCUT2D eigenvalue weighted by atomic mass is 32.2. The number of esters is 1. The number of amides is 1. The number of ether oxygens (including phenoxy) is 1. The number of sulfonamides is 1. The fraction of sp³-hybridized carbons (Fsp3) is 0.222. The summed E-state index contributed by atoms with van der Waals surface area (Å²) in [5.74, 6) is -1.09. The van der Waals surface area contributed by atoms with Gasteiger partial charge in [0.25, 0.3) is 15.9 Å². The third kappa shape index (κ3) is 4.82. The molecule has 7 nitrogen and oxygen atoms in total. The molecular weight excluding hydrogens is 356 g/mol. The van der Waals surface area contributed by atoms with E-state index in [1.807, 2.05) is 13.0 Å². The molecule has 0 saturated heterocycles. The SMILES string of the molecule is COC(=O)CNC(=O)c1cccc(NS(=O)(=O)c2cc(C)ccc2C)c1. The van der Waals surface area contributed by atoms with Crippen molar-refractivity contribution in [3.63, 3.8) is 0 Å². The first-order valence-corrected chi connectivity index (χ1v) is 9.26. The van der Waals surface area contributed by atoms with Crippen molar-refractivity contribution in [2.45, 2.75) is 18.7 Å². The lowest BCUT2D eigenvalue weighted by Gasteiger charge is -2.12. The first-order chi connectivity index (χ1) is 12.2. The Balaban J connectivity index is 2.21. The highest BCUT2D eigenvalue weighted by Gasteiger charge is 2.18.